The van der Waals surface area contributed by atoms with Crippen molar-refractivity contribution in [2.75, 3.05) is 16.8 Å². The van der Waals surface area contributed by atoms with Gasteiger partial charge >= 0.3 is 6.09 Å². The highest BCUT2D eigenvalue weighted by Gasteiger charge is 2.16. The Morgan fingerprint density at radius 2 is 1.86 bits per heavy atom. The zero-order valence-corrected chi connectivity index (χ0v) is 14.5. The summed E-state index contributed by atoms with van der Waals surface area (Å²) >= 11 is 2.04. The van der Waals surface area contributed by atoms with Gasteiger partial charge in [-0.25, -0.2) is 4.79 Å². The maximum atomic E-state index is 11.7. The molecule has 1 heterocycles. The van der Waals surface area contributed by atoms with Gasteiger partial charge in [-0.1, -0.05) is 12.1 Å². The van der Waals surface area contributed by atoms with Crippen LogP contribution in [-0.2, 0) is 11.3 Å². The van der Waals surface area contributed by atoms with Gasteiger partial charge in [-0.15, -0.1) is 0 Å². The van der Waals surface area contributed by atoms with Gasteiger partial charge in [0.15, 0.2) is 0 Å². The first-order valence-electron chi connectivity index (χ1n) is 7.82. The molecule has 1 amide bonds. The van der Waals surface area contributed by atoms with Crippen LogP contribution in [0.5, 0.6) is 0 Å². The fraction of sp³-hybridized carbons (Fsp3) is 0.588. The minimum Gasteiger partial charge on any atom is -0.444 e. The fourth-order valence-corrected chi connectivity index (χ4v) is 3.40. The Hall–Kier alpha value is -1.20. The van der Waals surface area contributed by atoms with Crippen molar-refractivity contribution < 1.29 is 9.53 Å². The summed E-state index contributed by atoms with van der Waals surface area (Å²) in [5.41, 5.74) is 1.51. The molecule has 0 bridgehead atoms. The molecule has 4 nitrogen and oxygen atoms in total. The van der Waals surface area contributed by atoms with Crippen molar-refractivity contribution in [3.63, 3.8) is 0 Å². The SMILES string of the molecule is CC(C)(C)OC(=O)Nc1ccc(CNC2CCSCC2)cc1. The second kappa shape index (κ2) is 7.88. The second-order valence-electron chi connectivity index (χ2n) is 6.59. The third-order valence-electron chi connectivity index (χ3n) is 3.42. The van der Waals surface area contributed by atoms with Crippen molar-refractivity contribution in [1.29, 1.82) is 0 Å². The van der Waals surface area contributed by atoms with Crippen LogP contribution in [0.3, 0.4) is 0 Å². The third-order valence-corrected chi connectivity index (χ3v) is 4.46. The smallest absolute Gasteiger partial charge is 0.412 e. The lowest BCUT2D eigenvalue weighted by molar-refractivity contribution is 0.0636. The Bertz CT molecular complexity index is 476. The number of hydrogen-bond acceptors (Lipinski definition) is 4. The van der Waals surface area contributed by atoms with Gasteiger partial charge in [0.05, 0.1) is 0 Å². The van der Waals surface area contributed by atoms with Gasteiger partial charge in [0.25, 0.3) is 0 Å². The number of carbonyl (C=O) groups is 1. The van der Waals surface area contributed by atoms with Crippen LogP contribution in [0, 0.1) is 0 Å². The van der Waals surface area contributed by atoms with Crippen molar-refractivity contribution in [3.8, 4) is 0 Å². The van der Waals surface area contributed by atoms with Crippen molar-refractivity contribution in [3.05, 3.63) is 29.8 Å². The number of nitrogens with one attached hydrogen (secondary N) is 2. The first-order chi connectivity index (χ1) is 10.4. The summed E-state index contributed by atoms with van der Waals surface area (Å²) < 4.78 is 5.23. The maximum absolute atomic E-state index is 11.7. The van der Waals surface area contributed by atoms with Gasteiger partial charge in [0.1, 0.15) is 5.60 Å². The van der Waals surface area contributed by atoms with E-state index in [1.807, 2.05) is 56.8 Å². The molecule has 1 saturated heterocycles. The number of carbonyl (C=O) groups excluding carboxylic acids is 1. The number of benzene rings is 1. The van der Waals surface area contributed by atoms with Gasteiger partial charge < -0.3 is 10.1 Å². The Balaban J connectivity index is 1.78. The van der Waals surface area contributed by atoms with Crippen LogP contribution < -0.4 is 10.6 Å². The van der Waals surface area contributed by atoms with E-state index < -0.39 is 11.7 Å². The third kappa shape index (κ3) is 6.28. The van der Waals surface area contributed by atoms with Gasteiger partial charge in [-0.05, 0) is 62.8 Å². The van der Waals surface area contributed by atoms with E-state index in [0.29, 0.717) is 6.04 Å². The summed E-state index contributed by atoms with van der Waals surface area (Å²) in [5.74, 6) is 2.52. The van der Waals surface area contributed by atoms with Crippen LogP contribution >= 0.6 is 11.8 Å². The molecule has 5 heteroatoms. The van der Waals surface area contributed by atoms with E-state index in [1.165, 1.54) is 29.9 Å². The van der Waals surface area contributed by atoms with E-state index in [0.717, 1.165) is 12.2 Å². The molecule has 1 aliphatic rings. The van der Waals surface area contributed by atoms with Crippen molar-refractivity contribution >= 4 is 23.5 Å². The average molecular weight is 322 g/mol. The Morgan fingerprint density at radius 3 is 2.45 bits per heavy atom. The highest BCUT2D eigenvalue weighted by molar-refractivity contribution is 7.99. The molecule has 0 unspecified atom stereocenters. The van der Waals surface area contributed by atoms with Crippen molar-refractivity contribution in [1.82, 2.24) is 5.32 Å². The van der Waals surface area contributed by atoms with E-state index in [1.54, 1.807) is 0 Å². The molecule has 1 aliphatic heterocycles. The zero-order valence-electron chi connectivity index (χ0n) is 13.6. The second-order valence-corrected chi connectivity index (χ2v) is 7.82. The van der Waals surface area contributed by atoms with E-state index in [-0.39, 0.29) is 0 Å². The minimum absolute atomic E-state index is 0.418. The molecular weight excluding hydrogens is 296 g/mol. The predicted octanol–water partition coefficient (Wildman–Crippen LogP) is 4.02. The molecule has 2 rings (SSSR count). The molecule has 1 aromatic carbocycles. The standard InChI is InChI=1S/C17H26N2O2S/c1-17(2,3)21-16(20)19-15-6-4-13(5-7-15)12-18-14-8-10-22-11-9-14/h4-7,14,18H,8-12H2,1-3H3,(H,19,20). The molecule has 0 atom stereocenters. The quantitative estimate of drug-likeness (QED) is 0.879. The Labute approximate surface area is 137 Å². The minimum atomic E-state index is -0.480. The van der Waals surface area contributed by atoms with E-state index in [9.17, 15) is 4.79 Å². The fourth-order valence-electron chi connectivity index (χ4n) is 2.29. The van der Waals surface area contributed by atoms with Gasteiger partial charge in [-0.2, -0.15) is 11.8 Å². The molecule has 0 aromatic heterocycles. The molecule has 2 N–H and O–H groups in total. The molecule has 122 valence electrons. The zero-order chi connectivity index (χ0) is 16.0. The molecule has 0 radical (unpaired) electrons. The Morgan fingerprint density at radius 1 is 1.23 bits per heavy atom. The topological polar surface area (TPSA) is 50.4 Å². The molecular formula is C17H26N2O2S. The first-order valence-corrected chi connectivity index (χ1v) is 8.98. The highest BCUT2D eigenvalue weighted by atomic mass is 32.2. The largest absolute Gasteiger partial charge is 0.444 e. The van der Waals surface area contributed by atoms with Gasteiger partial charge in [0.2, 0.25) is 0 Å². The monoisotopic (exact) mass is 322 g/mol. The van der Waals surface area contributed by atoms with Crippen LogP contribution in [0.4, 0.5) is 10.5 Å². The summed E-state index contributed by atoms with van der Waals surface area (Å²) in [6, 6.07) is 8.55. The summed E-state index contributed by atoms with van der Waals surface area (Å²) in [6.45, 7) is 6.43. The summed E-state index contributed by atoms with van der Waals surface area (Å²) in [5, 5.41) is 6.35. The number of thioether (sulfide) groups is 1. The van der Waals surface area contributed by atoms with Crippen LogP contribution in [0.2, 0.25) is 0 Å². The van der Waals surface area contributed by atoms with Gasteiger partial charge in [-0.3, -0.25) is 5.32 Å². The summed E-state index contributed by atoms with van der Waals surface area (Å²) in [4.78, 5) is 11.7. The lowest BCUT2D eigenvalue weighted by Crippen LogP contribution is -2.32. The number of rotatable bonds is 4. The van der Waals surface area contributed by atoms with Crippen LogP contribution in [0.25, 0.3) is 0 Å². The lowest BCUT2D eigenvalue weighted by Gasteiger charge is -2.22. The number of amides is 1. The molecule has 1 aromatic rings. The van der Waals surface area contributed by atoms with Crippen LogP contribution in [0.1, 0.15) is 39.2 Å². The first kappa shape index (κ1) is 17.2. The van der Waals surface area contributed by atoms with Gasteiger partial charge in [0, 0.05) is 18.3 Å². The molecule has 1 fully saturated rings. The summed E-state index contributed by atoms with van der Waals surface area (Å²) in [7, 11) is 0. The maximum Gasteiger partial charge on any atom is 0.412 e. The normalized spacial score (nSPS) is 16.3. The number of ether oxygens (including phenoxy) is 1. The van der Waals surface area contributed by atoms with E-state index >= 15 is 0 Å². The van der Waals surface area contributed by atoms with Crippen molar-refractivity contribution in [2.24, 2.45) is 0 Å². The molecule has 0 aliphatic carbocycles. The predicted molar refractivity (Wildman–Crippen MR) is 93.5 cm³/mol. The Kier molecular flexibility index (Phi) is 6.15. The molecule has 0 spiro atoms. The van der Waals surface area contributed by atoms with E-state index in [2.05, 4.69) is 10.6 Å². The highest BCUT2D eigenvalue weighted by Crippen LogP contribution is 2.18. The molecule has 22 heavy (non-hydrogen) atoms. The number of anilines is 1. The van der Waals surface area contributed by atoms with Crippen LogP contribution in [-0.4, -0.2) is 29.2 Å². The van der Waals surface area contributed by atoms with E-state index in [4.69, 9.17) is 4.74 Å². The summed E-state index contributed by atoms with van der Waals surface area (Å²) in [6.07, 6.45) is 2.09. The van der Waals surface area contributed by atoms with Crippen molar-refractivity contribution in [2.45, 2.75) is 51.8 Å². The number of hydrogen-bond donors (Lipinski definition) is 2. The average Bonchev–Trinajstić information content (AvgIpc) is 2.45. The lowest BCUT2D eigenvalue weighted by atomic mass is 10.1. The molecule has 0 saturated carbocycles. The van der Waals surface area contributed by atoms with Crippen LogP contribution in [0.15, 0.2) is 24.3 Å².